The van der Waals surface area contributed by atoms with Gasteiger partial charge in [-0.3, -0.25) is 0 Å². The normalized spacial score (nSPS) is 11.1. The van der Waals surface area contributed by atoms with Gasteiger partial charge in [0.1, 0.15) is 5.82 Å². The number of para-hydroxylation sites is 2. The van der Waals surface area contributed by atoms with Gasteiger partial charge in [-0.05, 0) is 36.8 Å². The summed E-state index contributed by atoms with van der Waals surface area (Å²) < 4.78 is 3.36. The van der Waals surface area contributed by atoms with Gasteiger partial charge in [-0.1, -0.05) is 70.0 Å². The van der Waals surface area contributed by atoms with E-state index in [9.17, 15) is 0 Å². The van der Waals surface area contributed by atoms with Gasteiger partial charge in [0.2, 0.25) is 0 Å². The average molecular weight is 377 g/mol. The van der Waals surface area contributed by atoms with E-state index in [1.165, 1.54) is 11.1 Å². The number of halogens is 1. The van der Waals surface area contributed by atoms with E-state index in [0.29, 0.717) is 0 Å². The van der Waals surface area contributed by atoms with E-state index in [1.54, 1.807) is 0 Å². The van der Waals surface area contributed by atoms with Gasteiger partial charge in [0.15, 0.2) is 0 Å². The molecule has 0 fully saturated rings. The topological polar surface area (TPSA) is 17.8 Å². The molecule has 0 amide bonds. The first-order valence-electron chi connectivity index (χ1n) is 7.97. The highest BCUT2D eigenvalue weighted by Gasteiger charge is 2.13. The first kappa shape index (κ1) is 15.2. The molecule has 0 atom stereocenters. The standard InChI is InChI=1S/C21H17BrN2/c1-15-9-11-16(12-10-15)14-24-20-8-3-2-7-19(20)23-21(24)17-5-4-6-18(22)13-17/h2-13H,14H2,1H3. The molecule has 4 aromatic rings. The minimum absolute atomic E-state index is 0.808. The maximum absolute atomic E-state index is 4.88. The maximum atomic E-state index is 4.88. The van der Waals surface area contributed by atoms with Gasteiger partial charge in [0.25, 0.3) is 0 Å². The maximum Gasteiger partial charge on any atom is 0.141 e. The molecule has 0 aliphatic heterocycles. The lowest BCUT2D eigenvalue weighted by molar-refractivity contribution is 0.834. The Bertz CT molecular complexity index is 1000. The highest BCUT2D eigenvalue weighted by Crippen LogP contribution is 2.27. The minimum Gasteiger partial charge on any atom is -0.319 e. The zero-order valence-corrected chi connectivity index (χ0v) is 15.0. The van der Waals surface area contributed by atoms with Crippen molar-refractivity contribution < 1.29 is 0 Å². The third-order valence-electron chi connectivity index (χ3n) is 4.20. The molecule has 0 aliphatic rings. The van der Waals surface area contributed by atoms with E-state index in [1.807, 2.05) is 12.1 Å². The fourth-order valence-electron chi connectivity index (χ4n) is 2.96. The van der Waals surface area contributed by atoms with E-state index >= 15 is 0 Å². The Labute approximate surface area is 149 Å². The smallest absolute Gasteiger partial charge is 0.141 e. The Morgan fingerprint density at radius 3 is 2.50 bits per heavy atom. The lowest BCUT2D eigenvalue weighted by Gasteiger charge is -2.10. The number of hydrogen-bond acceptors (Lipinski definition) is 1. The second-order valence-corrected chi connectivity index (χ2v) is 6.92. The molecule has 0 N–H and O–H groups in total. The van der Waals surface area contributed by atoms with Gasteiger partial charge in [0, 0.05) is 16.6 Å². The third kappa shape index (κ3) is 2.87. The van der Waals surface area contributed by atoms with Crippen molar-refractivity contribution in [2.45, 2.75) is 13.5 Å². The number of fused-ring (bicyclic) bond motifs is 1. The van der Waals surface area contributed by atoms with Crippen molar-refractivity contribution in [1.29, 1.82) is 0 Å². The molecule has 0 unspecified atom stereocenters. The largest absolute Gasteiger partial charge is 0.319 e. The van der Waals surface area contributed by atoms with E-state index < -0.39 is 0 Å². The molecular formula is C21H17BrN2. The number of aryl methyl sites for hydroxylation is 1. The molecule has 118 valence electrons. The molecule has 1 heterocycles. The highest BCUT2D eigenvalue weighted by atomic mass is 79.9. The highest BCUT2D eigenvalue weighted by molar-refractivity contribution is 9.10. The molecule has 4 rings (SSSR count). The van der Waals surface area contributed by atoms with Gasteiger partial charge in [-0.15, -0.1) is 0 Å². The van der Waals surface area contributed by atoms with Crippen LogP contribution in [0.25, 0.3) is 22.4 Å². The summed E-state index contributed by atoms with van der Waals surface area (Å²) in [5.41, 5.74) is 5.86. The summed E-state index contributed by atoms with van der Waals surface area (Å²) in [7, 11) is 0. The Kier molecular flexibility index (Phi) is 3.95. The van der Waals surface area contributed by atoms with Crippen LogP contribution in [0.5, 0.6) is 0 Å². The Hall–Kier alpha value is -2.39. The van der Waals surface area contributed by atoms with E-state index in [4.69, 9.17) is 4.98 Å². The number of aromatic nitrogens is 2. The second-order valence-electron chi connectivity index (χ2n) is 6.01. The SMILES string of the molecule is Cc1ccc(Cn2c(-c3cccc(Br)c3)nc3ccccc32)cc1. The van der Waals surface area contributed by atoms with Crippen LogP contribution in [0.1, 0.15) is 11.1 Å². The monoisotopic (exact) mass is 376 g/mol. The third-order valence-corrected chi connectivity index (χ3v) is 4.69. The lowest BCUT2D eigenvalue weighted by Crippen LogP contribution is -2.02. The van der Waals surface area contributed by atoms with Crippen molar-refractivity contribution in [1.82, 2.24) is 9.55 Å². The molecule has 3 aromatic carbocycles. The van der Waals surface area contributed by atoms with Crippen LogP contribution in [-0.4, -0.2) is 9.55 Å². The van der Waals surface area contributed by atoms with Crippen LogP contribution < -0.4 is 0 Å². The van der Waals surface area contributed by atoms with Crippen LogP contribution in [0.4, 0.5) is 0 Å². The van der Waals surface area contributed by atoms with Crippen molar-refractivity contribution in [3.63, 3.8) is 0 Å². The van der Waals surface area contributed by atoms with Crippen LogP contribution in [0.2, 0.25) is 0 Å². The van der Waals surface area contributed by atoms with Crippen molar-refractivity contribution in [3.05, 3.63) is 88.4 Å². The molecule has 0 saturated heterocycles. The summed E-state index contributed by atoms with van der Waals surface area (Å²) in [5, 5.41) is 0. The number of nitrogens with zero attached hydrogens (tertiary/aromatic N) is 2. The number of rotatable bonds is 3. The van der Waals surface area contributed by atoms with Gasteiger partial charge < -0.3 is 4.57 Å². The van der Waals surface area contributed by atoms with Gasteiger partial charge in [-0.25, -0.2) is 4.98 Å². The minimum atomic E-state index is 0.808. The summed E-state index contributed by atoms with van der Waals surface area (Å²) in [5.74, 6) is 0.998. The van der Waals surface area contributed by atoms with Crippen LogP contribution >= 0.6 is 15.9 Å². The number of benzene rings is 3. The molecular weight excluding hydrogens is 360 g/mol. The Balaban J connectivity index is 1.88. The lowest BCUT2D eigenvalue weighted by atomic mass is 10.1. The van der Waals surface area contributed by atoms with Crippen LogP contribution in [0.3, 0.4) is 0 Å². The average Bonchev–Trinajstić information content (AvgIpc) is 2.96. The van der Waals surface area contributed by atoms with E-state index in [2.05, 4.69) is 88.1 Å². The van der Waals surface area contributed by atoms with Gasteiger partial charge in [-0.2, -0.15) is 0 Å². The molecule has 1 aromatic heterocycles. The van der Waals surface area contributed by atoms with E-state index in [0.717, 1.165) is 33.4 Å². The molecule has 2 nitrogen and oxygen atoms in total. The summed E-state index contributed by atoms with van der Waals surface area (Å²) in [6.45, 7) is 2.92. The Morgan fingerprint density at radius 2 is 1.71 bits per heavy atom. The zero-order valence-electron chi connectivity index (χ0n) is 13.4. The summed E-state index contributed by atoms with van der Waals surface area (Å²) in [6, 6.07) is 25.3. The predicted molar refractivity (Wildman–Crippen MR) is 103 cm³/mol. The van der Waals surface area contributed by atoms with Crippen molar-refractivity contribution >= 4 is 27.0 Å². The number of hydrogen-bond donors (Lipinski definition) is 0. The first-order chi connectivity index (χ1) is 11.7. The zero-order chi connectivity index (χ0) is 16.5. The number of imidazole rings is 1. The molecule has 3 heteroatoms. The molecule has 0 bridgehead atoms. The van der Waals surface area contributed by atoms with Crippen LogP contribution in [-0.2, 0) is 6.54 Å². The quantitative estimate of drug-likeness (QED) is 0.440. The molecule has 24 heavy (non-hydrogen) atoms. The fraction of sp³-hybridized carbons (Fsp3) is 0.0952. The molecule has 0 aliphatic carbocycles. The first-order valence-corrected chi connectivity index (χ1v) is 8.77. The van der Waals surface area contributed by atoms with Gasteiger partial charge in [0.05, 0.1) is 11.0 Å². The van der Waals surface area contributed by atoms with Gasteiger partial charge >= 0.3 is 0 Å². The van der Waals surface area contributed by atoms with Crippen molar-refractivity contribution in [2.75, 3.05) is 0 Å². The molecule has 0 saturated carbocycles. The summed E-state index contributed by atoms with van der Waals surface area (Å²) >= 11 is 3.57. The van der Waals surface area contributed by atoms with Crippen LogP contribution in [0, 0.1) is 6.92 Å². The van der Waals surface area contributed by atoms with E-state index in [-0.39, 0.29) is 0 Å². The molecule has 0 radical (unpaired) electrons. The second kappa shape index (κ2) is 6.25. The fourth-order valence-corrected chi connectivity index (χ4v) is 3.36. The Morgan fingerprint density at radius 1 is 0.917 bits per heavy atom. The summed E-state index contributed by atoms with van der Waals surface area (Å²) in [6.07, 6.45) is 0. The van der Waals surface area contributed by atoms with Crippen molar-refractivity contribution in [3.8, 4) is 11.4 Å². The predicted octanol–water partition coefficient (Wildman–Crippen LogP) is 5.82. The summed E-state index contributed by atoms with van der Waals surface area (Å²) in [4.78, 5) is 4.88. The van der Waals surface area contributed by atoms with Crippen molar-refractivity contribution in [2.24, 2.45) is 0 Å². The van der Waals surface area contributed by atoms with Crippen LogP contribution in [0.15, 0.2) is 77.3 Å². The molecule has 0 spiro atoms.